The van der Waals surface area contributed by atoms with Crippen LogP contribution in [-0.2, 0) is 10.3 Å². The molecule has 3 rings (SSSR count). The van der Waals surface area contributed by atoms with E-state index in [2.05, 4.69) is 70.1 Å². The number of nitrogens with zero attached hydrogens (tertiary/aromatic N) is 1. The molecule has 0 radical (unpaired) electrons. The molecule has 0 amide bonds. The van der Waals surface area contributed by atoms with Gasteiger partial charge in [0.25, 0.3) is 0 Å². The molecule has 3 atom stereocenters. The summed E-state index contributed by atoms with van der Waals surface area (Å²) in [5.41, 5.74) is 1.84. The SMILES string of the molecule is CN(C)CCO[C@]1(c2ccccc2)CC2CC[C@]1(C)C2(C)C. The Balaban J connectivity index is 1.99. The molecule has 22 heavy (non-hydrogen) atoms. The molecule has 122 valence electrons. The van der Waals surface area contributed by atoms with Gasteiger partial charge in [-0.2, -0.15) is 0 Å². The molecule has 2 heteroatoms. The number of benzene rings is 1. The van der Waals surface area contributed by atoms with Gasteiger partial charge in [0.1, 0.15) is 0 Å². The maximum absolute atomic E-state index is 6.72. The second kappa shape index (κ2) is 5.35. The van der Waals surface area contributed by atoms with Crippen molar-refractivity contribution in [3.05, 3.63) is 35.9 Å². The van der Waals surface area contributed by atoms with E-state index in [4.69, 9.17) is 4.74 Å². The van der Waals surface area contributed by atoms with Gasteiger partial charge in [-0.3, -0.25) is 0 Å². The third-order valence-electron chi connectivity index (χ3n) is 6.99. The summed E-state index contributed by atoms with van der Waals surface area (Å²) in [4.78, 5) is 2.21. The van der Waals surface area contributed by atoms with Crippen LogP contribution in [0.4, 0.5) is 0 Å². The van der Waals surface area contributed by atoms with E-state index in [0.29, 0.717) is 5.41 Å². The van der Waals surface area contributed by atoms with Gasteiger partial charge in [-0.1, -0.05) is 51.1 Å². The van der Waals surface area contributed by atoms with Crippen molar-refractivity contribution in [2.45, 2.75) is 45.6 Å². The van der Waals surface area contributed by atoms with E-state index in [9.17, 15) is 0 Å². The fourth-order valence-electron chi connectivity index (χ4n) is 5.10. The van der Waals surface area contributed by atoms with Gasteiger partial charge in [0, 0.05) is 12.0 Å². The minimum Gasteiger partial charge on any atom is -0.368 e. The fourth-order valence-corrected chi connectivity index (χ4v) is 5.10. The molecule has 0 aromatic heterocycles. The molecule has 2 nitrogen and oxygen atoms in total. The van der Waals surface area contributed by atoms with Gasteiger partial charge >= 0.3 is 0 Å². The predicted octanol–water partition coefficient (Wildman–Crippen LogP) is 4.31. The number of rotatable bonds is 5. The first kappa shape index (κ1) is 16.0. The van der Waals surface area contributed by atoms with E-state index in [1.807, 2.05) is 0 Å². The molecule has 1 aromatic rings. The Hall–Kier alpha value is -0.860. The van der Waals surface area contributed by atoms with Crippen LogP contribution < -0.4 is 0 Å². The highest BCUT2D eigenvalue weighted by Crippen LogP contribution is 2.73. The Morgan fingerprint density at radius 1 is 1.14 bits per heavy atom. The van der Waals surface area contributed by atoms with E-state index < -0.39 is 0 Å². The van der Waals surface area contributed by atoms with Crippen molar-refractivity contribution in [2.75, 3.05) is 27.2 Å². The summed E-state index contributed by atoms with van der Waals surface area (Å²) in [6.07, 6.45) is 3.81. The summed E-state index contributed by atoms with van der Waals surface area (Å²) in [7, 11) is 4.23. The molecule has 2 saturated carbocycles. The summed E-state index contributed by atoms with van der Waals surface area (Å²) < 4.78 is 6.72. The third kappa shape index (κ3) is 2.07. The van der Waals surface area contributed by atoms with Crippen LogP contribution in [0.3, 0.4) is 0 Å². The number of hydrogen-bond acceptors (Lipinski definition) is 2. The fraction of sp³-hybridized carbons (Fsp3) is 0.700. The number of likely N-dealkylation sites (N-methyl/N-ethyl adjacent to an activating group) is 1. The van der Waals surface area contributed by atoms with Crippen LogP contribution in [0.15, 0.2) is 30.3 Å². The normalized spacial score (nSPS) is 36.2. The molecule has 2 aliphatic carbocycles. The zero-order valence-corrected chi connectivity index (χ0v) is 14.9. The second-order valence-corrected chi connectivity index (χ2v) is 8.34. The van der Waals surface area contributed by atoms with Crippen molar-refractivity contribution in [1.82, 2.24) is 4.90 Å². The van der Waals surface area contributed by atoms with E-state index in [0.717, 1.165) is 19.1 Å². The van der Waals surface area contributed by atoms with Gasteiger partial charge < -0.3 is 9.64 Å². The van der Waals surface area contributed by atoms with Crippen molar-refractivity contribution in [3.63, 3.8) is 0 Å². The molecule has 2 aliphatic rings. The lowest BCUT2D eigenvalue weighted by Crippen LogP contribution is -2.47. The van der Waals surface area contributed by atoms with Gasteiger partial charge in [-0.05, 0) is 50.3 Å². The van der Waals surface area contributed by atoms with Crippen LogP contribution in [0.5, 0.6) is 0 Å². The van der Waals surface area contributed by atoms with Crippen molar-refractivity contribution in [3.8, 4) is 0 Å². The van der Waals surface area contributed by atoms with Crippen LogP contribution in [-0.4, -0.2) is 32.1 Å². The largest absolute Gasteiger partial charge is 0.368 e. The first-order valence-corrected chi connectivity index (χ1v) is 8.68. The summed E-state index contributed by atoms with van der Waals surface area (Å²) in [5.74, 6) is 0.775. The van der Waals surface area contributed by atoms with Crippen LogP contribution in [0.25, 0.3) is 0 Å². The summed E-state index contributed by atoms with van der Waals surface area (Å²) in [5, 5.41) is 0. The number of fused-ring (bicyclic) bond motifs is 2. The van der Waals surface area contributed by atoms with Gasteiger partial charge in [0.2, 0.25) is 0 Å². The van der Waals surface area contributed by atoms with E-state index in [1.54, 1.807) is 0 Å². The molecular weight excluding hydrogens is 270 g/mol. The highest BCUT2D eigenvalue weighted by molar-refractivity contribution is 5.32. The molecule has 0 spiro atoms. The zero-order chi connectivity index (χ0) is 16.0. The summed E-state index contributed by atoms with van der Waals surface area (Å²) in [6.45, 7) is 9.19. The van der Waals surface area contributed by atoms with Crippen molar-refractivity contribution < 1.29 is 4.74 Å². The van der Waals surface area contributed by atoms with E-state index in [1.165, 1.54) is 24.8 Å². The molecule has 1 unspecified atom stereocenters. The number of ether oxygens (including phenoxy) is 1. The van der Waals surface area contributed by atoms with E-state index >= 15 is 0 Å². The van der Waals surface area contributed by atoms with Gasteiger partial charge in [-0.15, -0.1) is 0 Å². The molecule has 2 fully saturated rings. The molecule has 0 saturated heterocycles. The monoisotopic (exact) mass is 301 g/mol. The summed E-state index contributed by atoms with van der Waals surface area (Å²) in [6, 6.07) is 11.0. The highest BCUT2D eigenvalue weighted by atomic mass is 16.5. The topological polar surface area (TPSA) is 12.5 Å². The zero-order valence-electron chi connectivity index (χ0n) is 14.9. The Bertz CT molecular complexity index is 524. The Labute approximate surface area is 135 Å². The van der Waals surface area contributed by atoms with Crippen molar-refractivity contribution >= 4 is 0 Å². The van der Waals surface area contributed by atoms with E-state index in [-0.39, 0.29) is 11.0 Å². The lowest BCUT2D eigenvalue weighted by atomic mass is 9.62. The minimum absolute atomic E-state index is 0.114. The first-order chi connectivity index (χ1) is 10.3. The molecule has 0 N–H and O–H groups in total. The maximum Gasteiger partial charge on any atom is 0.0993 e. The highest BCUT2D eigenvalue weighted by Gasteiger charge is 2.69. The summed E-state index contributed by atoms with van der Waals surface area (Å²) >= 11 is 0. The van der Waals surface area contributed by atoms with Crippen molar-refractivity contribution in [1.29, 1.82) is 0 Å². The third-order valence-corrected chi connectivity index (χ3v) is 6.99. The predicted molar refractivity (Wildman–Crippen MR) is 91.9 cm³/mol. The molecule has 0 aliphatic heterocycles. The number of hydrogen-bond donors (Lipinski definition) is 0. The minimum atomic E-state index is -0.114. The van der Waals surface area contributed by atoms with Gasteiger partial charge in [0.15, 0.2) is 0 Å². The second-order valence-electron chi connectivity index (χ2n) is 8.34. The molecule has 2 bridgehead atoms. The molecule has 0 heterocycles. The quantitative estimate of drug-likeness (QED) is 0.803. The Morgan fingerprint density at radius 3 is 2.32 bits per heavy atom. The van der Waals surface area contributed by atoms with Crippen LogP contribution >= 0.6 is 0 Å². The van der Waals surface area contributed by atoms with Gasteiger partial charge in [0.05, 0.1) is 12.2 Å². The van der Waals surface area contributed by atoms with Crippen LogP contribution in [0, 0.1) is 16.7 Å². The molecular formula is C20H31NO. The first-order valence-electron chi connectivity index (χ1n) is 8.68. The molecule has 1 aromatic carbocycles. The van der Waals surface area contributed by atoms with Crippen LogP contribution in [0.1, 0.15) is 45.6 Å². The smallest absolute Gasteiger partial charge is 0.0993 e. The average Bonchev–Trinajstić information content (AvgIpc) is 2.80. The Kier molecular flexibility index (Phi) is 3.89. The van der Waals surface area contributed by atoms with Crippen molar-refractivity contribution in [2.24, 2.45) is 16.7 Å². The lowest BCUT2D eigenvalue weighted by Gasteiger charge is -2.49. The standard InChI is InChI=1S/C20H31NO/c1-18(2)17-11-12-19(18,3)20(15-17,22-14-13-21(4)5)16-9-7-6-8-10-16/h6-10,17H,11-15H2,1-5H3/t17?,19-,20+/m1/s1. The Morgan fingerprint density at radius 2 is 1.82 bits per heavy atom. The van der Waals surface area contributed by atoms with Crippen LogP contribution in [0.2, 0.25) is 0 Å². The lowest BCUT2D eigenvalue weighted by molar-refractivity contribution is -0.148. The average molecular weight is 301 g/mol. The maximum atomic E-state index is 6.72. The van der Waals surface area contributed by atoms with Gasteiger partial charge in [-0.25, -0.2) is 0 Å².